The van der Waals surface area contributed by atoms with Crippen LogP contribution < -0.4 is 11.1 Å². The molecule has 1 heterocycles. The van der Waals surface area contributed by atoms with Gasteiger partial charge in [0.05, 0.1) is 6.61 Å². The Balaban J connectivity index is 1.92. The van der Waals surface area contributed by atoms with Crippen LogP contribution in [-0.2, 0) is 4.74 Å². The van der Waals surface area contributed by atoms with Crippen molar-refractivity contribution in [1.29, 1.82) is 0 Å². The van der Waals surface area contributed by atoms with Gasteiger partial charge in [0.25, 0.3) is 0 Å². The van der Waals surface area contributed by atoms with Crippen LogP contribution in [0.3, 0.4) is 0 Å². The fraction of sp³-hybridized carbons (Fsp3) is 1.00. The molecule has 0 radical (unpaired) electrons. The summed E-state index contributed by atoms with van der Waals surface area (Å²) in [5.41, 5.74) is 6.06. The largest absolute Gasteiger partial charge is 0.381 e. The molecule has 0 bridgehead atoms. The molecule has 1 aliphatic carbocycles. The van der Waals surface area contributed by atoms with E-state index in [-0.39, 0.29) is 5.54 Å². The van der Waals surface area contributed by atoms with E-state index in [1.807, 2.05) is 0 Å². The van der Waals surface area contributed by atoms with Gasteiger partial charge in [0.2, 0.25) is 0 Å². The highest BCUT2D eigenvalue weighted by atomic mass is 16.5. The van der Waals surface area contributed by atoms with Crippen LogP contribution in [0.4, 0.5) is 0 Å². The number of hydrogen-bond donors (Lipinski definition) is 2. The first-order chi connectivity index (χ1) is 7.64. The van der Waals surface area contributed by atoms with Crippen molar-refractivity contribution in [2.45, 2.75) is 51.1 Å². The number of nitrogens with two attached hydrogens (primary N) is 1. The molecule has 0 aromatic heterocycles. The predicted molar refractivity (Wildman–Crippen MR) is 66.3 cm³/mol. The van der Waals surface area contributed by atoms with Crippen LogP contribution in [0.1, 0.15) is 39.5 Å². The molecule has 1 saturated carbocycles. The van der Waals surface area contributed by atoms with Gasteiger partial charge in [-0.25, -0.2) is 0 Å². The SMILES string of the molecule is CC1CCC(NC(C)(CN)C2CCOC2)C1. The lowest BCUT2D eigenvalue weighted by molar-refractivity contribution is 0.148. The van der Waals surface area contributed by atoms with Gasteiger partial charge in [0.15, 0.2) is 0 Å². The van der Waals surface area contributed by atoms with E-state index in [0.29, 0.717) is 18.5 Å². The second-order valence-corrected chi connectivity index (χ2v) is 5.94. The molecule has 3 nitrogen and oxygen atoms in total. The summed E-state index contributed by atoms with van der Waals surface area (Å²) in [4.78, 5) is 0. The van der Waals surface area contributed by atoms with Crippen molar-refractivity contribution in [1.82, 2.24) is 5.32 Å². The first kappa shape index (κ1) is 12.3. The van der Waals surface area contributed by atoms with Gasteiger partial charge in [0, 0.05) is 30.7 Å². The van der Waals surface area contributed by atoms with Crippen LogP contribution in [0.25, 0.3) is 0 Å². The van der Waals surface area contributed by atoms with Gasteiger partial charge in [-0.1, -0.05) is 6.92 Å². The molecular formula is C13H26N2O. The van der Waals surface area contributed by atoms with Crippen LogP contribution in [-0.4, -0.2) is 31.3 Å². The molecule has 1 aliphatic heterocycles. The first-order valence-corrected chi connectivity index (χ1v) is 6.69. The Morgan fingerprint density at radius 1 is 1.38 bits per heavy atom. The van der Waals surface area contributed by atoms with Crippen LogP contribution in [0.15, 0.2) is 0 Å². The maximum absolute atomic E-state index is 5.98. The molecule has 0 amide bonds. The lowest BCUT2D eigenvalue weighted by atomic mass is 9.84. The van der Waals surface area contributed by atoms with Crippen molar-refractivity contribution in [3.63, 3.8) is 0 Å². The average Bonchev–Trinajstić information content (AvgIpc) is 2.89. The summed E-state index contributed by atoms with van der Waals surface area (Å²) in [7, 11) is 0. The zero-order valence-electron chi connectivity index (χ0n) is 10.7. The van der Waals surface area contributed by atoms with Crippen molar-refractivity contribution < 1.29 is 4.74 Å². The molecule has 4 unspecified atom stereocenters. The minimum atomic E-state index is 0.0746. The Labute approximate surface area is 99.1 Å². The molecule has 2 aliphatic rings. The highest BCUT2D eigenvalue weighted by Crippen LogP contribution is 2.30. The van der Waals surface area contributed by atoms with Gasteiger partial charge in [-0.2, -0.15) is 0 Å². The third kappa shape index (κ3) is 2.58. The Bertz CT molecular complexity index is 228. The number of hydrogen-bond acceptors (Lipinski definition) is 3. The smallest absolute Gasteiger partial charge is 0.0513 e. The molecule has 3 heteroatoms. The maximum atomic E-state index is 5.98. The van der Waals surface area contributed by atoms with Gasteiger partial charge in [0.1, 0.15) is 0 Å². The molecule has 16 heavy (non-hydrogen) atoms. The van der Waals surface area contributed by atoms with Crippen LogP contribution in [0, 0.1) is 11.8 Å². The van der Waals surface area contributed by atoms with Gasteiger partial charge >= 0.3 is 0 Å². The van der Waals surface area contributed by atoms with E-state index in [1.54, 1.807) is 0 Å². The van der Waals surface area contributed by atoms with Crippen molar-refractivity contribution >= 4 is 0 Å². The molecule has 2 rings (SSSR count). The zero-order valence-corrected chi connectivity index (χ0v) is 10.7. The molecule has 3 N–H and O–H groups in total. The van der Waals surface area contributed by atoms with E-state index in [1.165, 1.54) is 19.3 Å². The highest BCUT2D eigenvalue weighted by Gasteiger charge is 2.38. The summed E-state index contributed by atoms with van der Waals surface area (Å²) in [6.07, 6.45) is 5.13. The minimum absolute atomic E-state index is 0.0746. The fourth-order valence-electron chi connectivity index (χ4n) is 3.18. The Hall–Kier alpha value is -0.120. The van der Waals surface area contributed by atoms with E-state index in [9.17, 15) is 0 Å². The first-order valence-electron chi connectivity index (χ1n) is 6.69. The molecule has 94 valence electrons. The fourth-order valence-corrected chi connectivity index (χ4v) is 3.18. The molecular weight excluding hydrogens is 200 g/mol. The lowest BCUT2D eigenvalue weighted by Crippen LogP contribution is -2.57. The topological polar surface area (TPSA) is 47.3 Å². The van der Waals surface area contributed by atoms with Gasteiger partial charge in [-0.3, -0.25) is 0 Å². The highest BCUT2D eigenvalue weighted by molar-refractivity contribution is 4.96. The summed E-state index contributed by atoms with van der Waals surface area (Å²) in [5.74, 6) is 1.47. The zero-order chi connectivity index (χ0) is 11.6. The minimum Gasteiger partial charge on any atom is -0.381 e. The number of nitrogens with one attached hydrogen (secondary N) is 1. The molecule has 0 aromatic rings. The summed E-state index contributed by atoms with van der Waals surface area (Å²) < 4.78 is 5.50. The number of ether oxygens (including phenoxy) is 1. The summed E-state index contributed by atoms with van der Waals surface area (Å²) >= 11 is 0. The quantitative estimate of drug-likeness (QED) is 0.764. The maximum Gasteiger partial charge on any atom is 0.0513 e. The van der Waals surface area contributed by atoms with Crippen molar-refractivity contribution in [3.05, 3.63) is 0 Å². The summed E-state index contributed by atoms with van der Waals surface area (Å²) in [5, 5.41) is 3.81. The molecule has 0 aromatic carbocycles. The predicted octanol–water partition coefficient (Wildman–Crippen LogP) is 1.52. The van der Waals surface area contributed by atoms with Gasteiger partial charge in [-0.15, -0.1) is 0 Å². The van der Waals surface area contributed by atoms with Gasteiger partial charge < -0.3 is 15.8 Å². The van der Waals surface area contributed by atoms with Crippen LogP contribution in [0.2, 0.25) is 0 Å². The van der Waals surface area contributed by atoms with Gasteiger partial charge in [-0.05, 0) is 38.5 Å². The van der Waals surface area contributed by atoms with Crippen molar-refractivity contribution in [2.75, 3.05) is 19.8 Å². The second-order valence-electron chi connectivity index (χ2n) is 5.94. The molecule has 4 atom stereocenters. The monoisotopic (exact) mass is 226 g/mol. The molecule has 0 spiro atoms. The normalized spacial score (nSPS) is 38.8. The second kappa shape index (κ2) is 5.03. The molecule has 1 saturated heterocycles. The van der Waals surface area contributed by atoms with Crippen LogP contribution >= 0.6 is 0 Å². The average molecular weight is 226 g/mol. The summed E-state index contributed by atoms with van der Waals surface area (Å²) in [6.45, 7) is 7.12. The lowest BCUT2D eigenvalue weighted by Gasteiger charge is -2.37. The van der Waals surface area contributed by atoms with E-state index >= 15 is 0 Å². The van der Waals surface area contributed by atoms with E-state index in [4.69, 9.17) is 10.5 Å². The van der Waals surface area contributed by atoms with Crippen molar-refractivity contribution in [3.8, 4) is 0 Å². The Morgan fingerprint density at radius 3 is 2.69 bits per heavy atom. The van der Waals surface area contributed by atoms with E-state index in [2.05, 4.69) is 19.2 Å². The Morgan fingerprint density at radius 2 is 2.19 bits per heavy atom. The third-order valence-electron chi connectivity index (χ3n) is 4.48. The summed E-state index contributed by atoms with van der Waals surface area (Å²) in [6, 6.07) is 0.671. The number of rotatable bonds is 4. The Kier molecular flexibility index (Phi) is 3.88. The van der Waals surface area contributed by atoms with E-state index < -0.39 is 0 Å². The molecule has 2 fully saturated rings. The third-order valence-corrected chi connectivity index (χ3v) is 4.48. The standard InChI is InChI=1S/C13H26N2O/c1-10-3-4-12(7-10)15-13(2,9-14)11-5-6-16-8-11/h10-12,15H,3-9,14H2,1-2H3. The van der Waals surface area contributed by atoms with Crippen LogP contribution in [0.5, 0.6) is 0 Å². The van der Waals surface area contributed by atoms with E-state index in [0.717, 1.165) is 25.6 Å². The van der Waals surface area contributed by atoms with Crippen molar-refractivity contribution in [2.24, 2.45) is 17.6 Å².